The summed E-state index contributed by atoms with van der Waals surface area (Å²) in [6, 6.07) is 9.58. The fraction of sp³-hybridized carbons (Fsp3) is 0.222. The summed E-state index contributed by atoms with van der Waals surface area (Å²) in [4.78, 5) is 15.8. The van der Waals surface area contributed by atoms with Crippen LogP contribution in [0, 0.1) is 0 Å². The van der Waals surface area contributed by atoms with E-state index < -0.39 is 9.71 Å². The van der Waals surface area contributed by atoms with Crippen molar-refractivity contribution in [1.82, 2.24) is 18.4 Å². The third kappa shape index (κ3) is 3.11. The highest BCUT2D eigenvalue weighted by Gasteiger charge is 2.31. The number of carbonyl (C=O) groups is 1. The molecule has 1 amide bonds. The van der Waals surface area contributed by atoms with E-state index in [1.807, 2.05) is 40.3 Å². The summed E-state index contributed by atoms with van der Waals surface area (Å²) >= 11 is 1.58. The van der Waals surface area contributed by atoms with Crippen LogP contribution in [0.25, 0.3) is 22.3 Å². The minimum absolute atomic E-state index is 0.00175. The van der Waals surface area contributed by atoms with Gasteiger partial charge in [0.1, 0.15) is 0 Å². The predicted molar refractivity (Wildman–Crippen MR) is 110 cm³/mol. The molecule has 1 unspecified atom stereocenters. The zero-order chi connectivity index (χ0) is 18.5. The van der Waals surface area contributed by atoms with Crippen molar-refractivity contribution in [3.63, 3.8) is 0 Å². The molecule has 1 aliphatic rings. The standard InChI is InChI=1S/C18H20N4O2S2/c1-12-16-5-4-8-22(16)25-17-7-6-13(9-15(17)19-12)18(23)20-14-10-21(11-14)26(2,3)24/h4-9,14,19H,1-2,10-11H2,3H3,(H,20,23). The quantitative estimate of drug-likeness (QED) is 0.666. The van der Waals surface area contributed by atoms with Gasteiger partial charge in [-0.05, 0) is 36.2 Å². The second-order valence-electron chi connectivity index (χ2n) is 6.60. The molecule has 0 bridgehead atoms. The molecule has 0 spiro atoms. The topological polar surface area (TPSA) is 69.6 Å². The first-order valence-electron chi connectivity index (χ1n) is 8.15. The number of rotatable bonds is 3. The predicted octanol–water partition coefficient (Wildman–Crippen LogP) is 1.41. The summed E-state index contributed by atoms with van der Waals surface area (Å²) in [6.07, 6.45) is 3.60. The van der Waals surface area contributed by atoms with Crippen molar-refractivity contribution >= 4 is 55.3 Å². The van der Waals surface area contributed by atoms with Crippen LogP contribution < -0.4 is 10.7 Å². The molecule has 0 radical (unpaired) electrons. The molecule has 136 valence electrons. The lowest BCUT2D eigenvalue weighted by molar-refractivity contribution is 0.0898. The smallest absolute Gasteiger partial charge is 0.251 e. The SMILES string of the molecule is C=c1[nH]c2cc(C(=O)NC3CN(S(=C)(C)=O)C3)ccc2sn2cccc12. The zero-order valence-electron chi connectivity index (χ0n) is 14.4. The Hall–Kier alpha value is -2.29. The van der Waals surface area contributed by atoms with Gasteiger partial charge in [-0.2, -0.15) is 0 Å². The second kappa shape index (κ2) is 6.15. The van der Waals surface area contributed by atoms with E-state index in [1.54, 1.807) is 22.1 Å². The largest absolute Gasteiger partial charge is 0.353 e. The van der Waals surface area contributed by atoms with Gasteiger partial charge in [0.2, 0.25) is 0 Å². The van der Waals surface area contributed by atoms with Gasteiger partial charge in [-0.25, -0.2) is 4.31 Å². The highest BCUT2D eigenvalue weighted by atomic mass is 32.2. The van der Waals surface area contributed by atoms with Crippen LogP contribution in [-0.4, -0.2) is 54.5 Å². The van der Waals surface area contributed by atoms with E-state index in [9.17, 15) is 9.00 Å². The van der Waals surface area contributed by atoms with Crippen LogP contribution in [0.4, 0.5) is 0 Å². The van der Waals surface area contributed by atoms with Gasteiger partial charge in [0.25, 0.3) is 5.91 Å². The van der Waals surface area contributed by atoms with Crippen LogP contribution >= 0.6 is 11.5 Å². The Bertz CT molecular complexity index is 1190. The Labute approximate surface area is 155 Å². The molecule has 4 rings (SSSR count). The van der Waals surface area contributed by atoms with Crippen LogP contribution in [0.2, 0.25) is 0 Å². The van der Waals surface area contributed by atoms with E-state index in [2.05, 4.69) is 22.8 Å². The number of hydrogen-bond acceptors (Lipinski definition) is 3. The van der Waals surface area contributed by atoms with E-state index in [-0.39, 0.29) is 11.9 Å². The van der Waals surface area contributed by atoms with Gasteiger partial charge >= 0.3 is 0 Å². The van der Waals surface area contributed by atoms with Crippen molar-refractivity contribution in [2.75, 3.05) is 19.3 Å². The Kier molecular flexibility index (Phi) is 4.06. The molecule has 6 nitrogen and oxygen atoms in total. The summed E-state index contributed by atoms with van der Waals surface area (Å²) in [7, 11) is -2.19. The molecular formula is C18H20N4O2S2. The fourth-order valence-electron chi connectivity index (χ4n) is 2.97. The maximum absolute atomic E-state index is 12.5. The van der Waals surface area contributed by atoms with Crippen LogP contribution in [0.1, 0.15) is 10.4 Å². The molecule has 3 aromatic rings. The van der Waals surface area contributed by atoms with Crippen LogP contribution in [0.15, 0.2) is 36.5 Å². The number of carbonyl (C=O) groups excluding carboxylic acids is 1. The first-order chi connectivity index (χ1) is 12.3. The maximum atomic E-state index is 12.5. The van der Waals surface area contributed by atoms with Crippen LogP contribution in [0.3, 0.4) is 0 Å². The normalized spacial score (nSPS) is 17.7. The lowest BCUT2D eigenvalue weighted by Gasteiger charge is -2.39. The molecule has 1 aliphatic heterocycles. The Balaban J connectivity index is 1.60. The molecule has 1 aromatic carbocycles. The lowest BCUT2D eigenvalue weighted by Crippen LogP contribution is -2.60. The molecule has 0 aliphatic carbocycles. The van der Waals surface area contributed by atoms with Gasteiger partial charge in [0.05, 0.1) is 27.1 Å². The lowest BCUT2D eigenvalue weighted by atomic mass is 10.1. The van der Waals surface area contributed by atoms with Crippen molar-refractivity contribution in [2.24, 2.45) is 0 Å². The number of aromatic amines is 1. The number of aromatic nitrogens is 2. The summed E-state index contributed by atoms with van der Waals surface area (Å²) < 4.78 is 16.7. The Morgan fingerprint density at radius 3 is 2.88 bits per heavy atom. The average molecular weight is 389 g/mol. The summed E-state index contributed by atoms with van der Waals surface area (Å²) in [6.45, 7) is 5.21. The summed E-state index contributed by atoms with van der Waals surface area (Å²) in [5.41, 5.74) is 2.45. The first kappa shape index (κ1) is 17.1. The third-order valence-electron chi connectivity index (χ3n) is 4.48. The second-order valence-corrected chi connectivity index (χ2v) is 10.1. The van der Waals surface area contributed by atoms with Crippen LogP contribution in [0.5, 0.6) is 0 Å². The molecular weight excluding hydrogens is 368 g/mol. The van der Waals surface area contributed by atoms with E-state index >= 15 is 0 Å². The molecule has 26 heavy (non-hydrogen) atoms. The highest BCUT2D eigenvalue weighted by molar-refractivity contribution is 7.97. The molecule has 0 saturated carbocycles. The summed E-state index contributed by atoms with van der Waals surface area (Å²) in [5, 5.41) is 3.78. The number of nitrogens with zero attached hydrogens (tertiary/aromatic N) is 2. The molecule has 1 saturated heterocycles. The third-order valence-corrected chi connectivity index (χ3v) is 6.93. The fourth-order valence-corrected chi connectivity index (χ4v) is 4.91. The zero-order valence-corrected chi connectivity index (χ0v) is 16.0. The van der Waals surface area contributed by atoms with Gasteiger partial charge in [0.15, 0.2) is 0 Å². The van der Waals surface area contributed by atoms with Gasteiger partial charge in [0, 0.05) is 40.8 Å². The maximum Gasteiger partial charge on any atom is 0.251 e. The van der Waals surface area contributed by atoms with E-state index in [4.69, 9.17) is 0 Å². The number of hydrogen-bond donors (Lipinski definition) is 2. The molecule has 1 atom stereocenters. The number of amides is 1. The summed E-state index contributed by atoms with van der Waals surface area (Å²) in [5.74, 6) is 3.53. The van der Waals surface area contributed by atoms with Crippen molar-refractivity contribution < 1.29 is 9.00 Å². The number of fused-ring (bicyclic) bond motifs is 2. The van der Waals surface area contributed by atoms with E-state index in [0.717, 1.165) is 21.1 Å². The monoisotopic (exact) mass is 388 g/mol. The number of H-pyrrole nitrogens is 1. The van der Waals surface area contributed by atoms with Gasteiger partial charge in [-0.1, -0.05) is 18.1 Å². The first-order valence-corrected chi connectivity index (χ1v) is 11.0. The number of nitrogens with one attached hydrogen (secondary N) is 2. The van der Waals surface area contributed by atoms with Gasteiger partial charge < -0.3 is 10.3 Å². The highest BCUT2D eigenvalue weighted by Crippen LogP contribution is 2.18. The molecule has 2 N–H and O–H groups in total. The van der Waals surface area contributed by atoms with Crippen molar-refractivity contribution in [3.8, 4) is 0 Å². The molecule has 8 heteroatoms. The molecule has 3 heterocycles. The minimum Gasteiger partial charge on any atom is -0.353 e. The van der Waals surface area contributed by atoms with E-state index in [0.29, 0.717) is 18.7 Å². The van der Waals surface area contributed by atoms with E-state index in [1.165, 1.54) is 0 Å². The van der Waals surface area contributed by atoms with Crippen LogP contribution in [-0.2, 0) is 9.71 Å². The van der Waals surface area contributed by atoms with Gasteiger partial charge in [-0.3, -0.25) is 12.8 Å². The van der Waals surface area contributed by atoms with Crippen molar-refractivity contribution in [2.45, 2.75) is 6.04 Å². The van der Waals surface area contributed by atoms with Crippen molar-refractivity contribution in [1.29, 1.82) is 0 Å². The Morgan fingerprint density at radius 2 is 2.15 bits per heavy atom. The minimum atomic E-state index is -2.19. The molecule has 2 aromatic heterocycles. The number of benzene rings is 1. The average Bonchev–Trinajstić information content (AvgIpc) is 2.94. The molecule has 1 fully saturated rings. The van der Waals surface area contributed by atoms with Crippen molar-refractivity contribution in [3.05, 3.63) is 47.4 Å². The van der Waals surface area contributed by atoms with Gasteiger partial charge in [-0.15, -0.1) is 0 Å². The Morgan fingerprint density at radius 1 is 1.38 bits per heavy atom.